The summed E-state index contributed by atoms with van der Waals surface area (Å²) in [7, 11) is 3.45. The number of nitrogens with one attached hydrogen (secondary N) is 1. The zero-order valence-corrected chi connectivity index (χ0v) is 12.4. The fourth-order valence-corrected chi connectivity index (χ4v) is 2.18. The van der Waals surface area contributed by atoms with Gasteiger partial charge in [0, 0.05) is 30.7 Å². The summed E-state index contributed by atoms with van der Waals surface area (Å²) in [6, 6.07) is 9.51. The SMILES string of the molecule is COC(=O)c1cccc(NCc2cc(C)n(C)c2C)c1. The Morgan fingerprint density at radius 1 is 1.30 bits per heavy atom. The summed E-state index contributed by atoms with van der Waals surface area (Å²) in [5, 5.41) is 3.34. The van der Waals surface area contributed by atoms with Crippen LogP contribution in [0.2, 0.25) is 0 Å². The van der Waals surface area contributed by atoms with Crippen LogP contribution in [0.5, 0.6) is 0 Å². The quantitative estimate of drug-likeness (QED) is 0.870. The summed E-state index contributed by atoms with van der Waals surface area (Å²) >= 11 is 0. The van der Waals surface area contributed by atoms with Gasteiger partial charge in [0.2, 0.25) is 0 Å². The monoisotopic (exact) mass is 272 g/mol. The topological polar surface area (TPSA) is 43.3 Å². The first kappa shape index (κ1) is 14.2. The largest absolute Gasteiger partial charge is 0.465 e. The van der Waals surface area contributed by atoms with Crippen molar-refractivity contribution in [1.29, 1.82) is 0 Å². The molecule has 0 unspecified atom stereocenters. The number of aryl methyl sites for hydroxylation is 1. The van der Waals surface area contributed by atoms with Crippen LogP contribution in [0, 0.1) is 13.8 Å². The van der Waals surface area contributed by atoms with Crippen molar-refractivity contribution >= 4 is 11.7 Å². The molecular weight excluding hydrogens is 252 g/mol. The van der Waals surface area contributed by atoms with Crippen molar-refractivity contribution in [2.24, 2.45) is 7.05 Å². The van der Waals surface area contributed by atoms with Crippen LogP contribution in [0.3, 0.4) is 0 Å². The van der Waals surface area contributed by atoms with E-state index in [1.54, 1.807) is 12.1 Å². The van der Waals surface area contributed by atoms with Gasteiger partial charge in [0.05, 0.1) is 12.7 Å². The van der Waals surface area contributed by atoms with Crippen molar-refractivity contribution in [3.05, 3.63) is 52.8 Å². The number of hydrogen-bond acceptors (Lipinski definition) is 3. The van der Waals surface area contributed by atoms with Gasteiger partial charge in [0.25, 0.3) is 0 Å². The number of ether oxygens (including phenoxy) is 1. The Labute approximate surface area is 119 Å². The smallest absolute Gasteiger partial charge is 0.337 e. The highest BCUT2D eigenvalue weighted by molar-refractivity contribution is 5.90. The molecule has 0 aliphatic rings. The maximum absolute atomic E-state index is 11.5. The summed E-state index contributed by atoms with van der Waals surface area (Å²) in [6.45, 7) is 4.93. The van der Waals surface area contributed by atoms with Crippen molar-refractivity contribution in [2.75, 3.05) is 12.4 Å². The number of aromatic nitrogens is 1. The average Bonchev–Trinajstić information content (AvgIpc) is 2.72. The number of nitrogens with zero attached hydrogens (tertiary/aromatic N) is 1. The van der Waals surface area contributed by atoms with Crippen LogP contribution in [0.15, 0.2) is 30.3 Å². The van der Waals surface area contributed by atoms with E-state index in [-0.39, 0.29) is 5.97 Å². The van der Waals surface area contributed by atoms with Gasteiger partial charge in [-0.15, -0.1) is 0 Å². The predicted molar refractivity (Wildman–Crippen MR) is 80.0 cm³/mol. The van der Waals surface area contributed by atoms with E-state index in [4.69, 9.17) is 4.74 Å². The second-order valence-electron chi connectivity index (χ2n) is 4.88. The van der Waals surface area contributed by atoms with E-state index in [9.17, 15) is 4.79 Å². The highest BCUT2D eigenvalue weighted by Crippen LogP contribution is 2.17. The lowest BCUT2D eigenvalue weighted by molar-refractivity contribution is 0.0601. The van der Waals surface area contributed by atoms with Gasteiger partial charge >= 0.3 is 5.97 Å². The molecule has 0 amide bonds. The average molecular weight is 272 g/mol. The van der Waals surface area contributed by atoms with Crippen LogP contribution in [0.25, 0.3) is 0 Å². The molecule has 0 fully saturated rings. The number of rotatable bonds is 4. The Kier molecular flexibility index (Phi) is 4.13. The van der Waals surface area contributed by atoms with Crippen molar-refractivity contribution in [1.82, 2.24) is 4.57 Å². The number of benzene rings is 1. The van der Waals surface area contributed by atoms with Crippen molar-refractivity contribution in [2.45, 2.75) is 20.4 Å². The van der Waals surface area contributed by atoms with E-state index in [0.29, 0.717) is 5.56 Å². The molecule has 0 bridgehead atoms. The number of anilines is 1. The third kappa shape index (κ3) is 2.85. The number of carbonyl (C=O) groups excluding carboxylic acids is 1. The number of esters is 1. The third-order valence-electron chi connectivity index (χ3n) is 3.65. The van der Waals surface area contributed by atoms with Gasteiger partial charge in [-0.1, -0.05) is 6.07 Å². The number of carbonyl (C=O) groups is 1. The standard InChI is InChI=1S/C16H20N2O2/c1-11-8-14(12(2)18(11)3)10-17-15-7-5-6-13(9-15)16(19)20-4/h5-9,17H,10H2,1-4H3. The van der Waals surface area contributed by atoms with E-state index >= 15 is 0 Å². The molecule has 0 radical (unpaired) electrons. The summed E-state index contributed by atoms with van der Waals surface area (Å²) in [6.07, 6.45) is 0. The Morgan fingerprint density at radius 2 is 2.05 bits per heavy atom. The lowest BCUT2D eigenvalue weighted by Gasteiger charge is -2.08. The lowest BCUT2D eigenvalue weighted by Crippen LogP contribution is -2.04. The molecule has 0 saturated carbocycles. The lowest BCUT2D eigenvalue weighted by atomic mass is 10.2. The van der Waals surface area contributed by atoms with Crippen LogP contribution in [-0.2, 0) is 18.3 Å². The maximum atomic E-state index is 11.5. The molecule has 20 heavy (non-hydrogen) atoms. The van der Waals surface area contributed by atoms with Crippen molar-refractivity contribution in [3.63, 3.8) is 0 Å². The molecule has 0 spiro atoms. The molecule has 1 N–H and O–H groups in total. The molecule has 0 atom stereocenters. The van der Waals surface area contributed by atoms with Gasteiger partial charge in [-0.2, -0.15) is 0 Å². The summed E-state index contributed by atoms with van der Waals surface area (Å²) in [5.41, 5.74) is 5.21. The molecule has 0 saturated heterocycles. The van der Waals surface area contributed by atoms with Crippen molar-refractivity contribution < 1.29 is 9.53 Å². The minimum absolute atomic E-state index is 0.319. The van der Waals surface area contributed by atoms with Gasteiger partial charge in [-0.25, -0.2) is 4.79 Å². The van der Waals surface area contributed by atoms with Gasteiger partial charge in [-0.05, 0) is 43.7 Å². The fraction of sp³-hybridized carbons (Fsp3) is 0.312. The van der Waals surface area contributed by atoms with Gasteiger partial charge in [0.15, 0.2) is 0 Å². The minimum Gasteiger partial charge on any atom is -0.465 e. The van der Waals surface area contributed by atoms with Crippen LogP contribution < -0.4 is 5.32 Å². The third-order valence-corrected chi connectivity index (χ3v) is 3.65. The van der Waals surface area contributed by atoms with Gasteiger partial charge < -0.3 is 14.6 Å². The van der Waals surface area contributed by atoms with Crippen LogP contribution in [0.4, 0.5) is 5.69 Å². The molecule has 0 aliphatic carbocycles. The van der Waals surface area contributed by atoms with E-state index in [0.717, 1.165) is 12.2 Å². The predicted octanol–water partition coefficient (Wildman–Crippen LogP) is 3.04. The Balaban J connectivity index is 2.11. The summed E-state index contributed by atoms with van der Waals surface area (Å²) in [4.78, 5) is 11.5. The number of methoxy groups -OCH3 is 1. The van der Waals surface area contributed by atoms with Crippen LogP contribution in [0.1, 0.15) is 27.3 Å². The Bertz CT molecular complexity index is 629. The second kappa shape index (κ2) is 5.82. The molecule has 1 heterocycles. The van der Waals surface area contributed by atoms with Gasteiger partial charge in [0.1, 0.15) is 0 Å². The van der Waals surface area contributed by atoms with Gasteiger partial charge in [-0.3, -0.25) is 0 Å². The number of hydrogen-bond donors (Lipinski definition) is 1. The van der Waals surface area contributed by atoms with Crippen LogP contribution in [-0.4, -0.2) is 17.6 Å². The van der Waals surface area contributed by atoms with E-state index in [1.807, 2.05) is 12.1 Å². The van der Waals surface area contributed by atoms with E-state index in [2.05, 4.69) is 36.8 Å². The second-order valence-corrected chi connectivity index (χ2v) is 4.88. The first-order valence-electron chi connectivity index (χ1n) is 6.57. The summed E-state index contributed by atoms with van der Waals surface area (Å²) < 4.78 is 6.89. The van der Waals surface area contributed by atoms with Crippen molar-refractivity contribution in [3.8, 4) is 0 Å². The molecule has 106 valence electrons. The molecule has 0 aliphatic heterocycles. The zero-order chi connectivity index (χ0) is 14.7. The molecule has 1 aromatic carbocycles. The normalized spacial score (nSPS) is 10.4. The molecule has 4 nitrogen and oxygen atoms in total. The molecule has 2 rings (SSSR count). The van der Waals surface area contributed by atoms with E-state index < -0.39 is 0 Å². The highest BCUT2D eigenvalue weighted by atomic mass is 16.5. The molecule has 1 aromatic heterocycles. The molecule has 2 aromatic rings. The zero-order valence-electron chi connectivity index (χ0n) is 12.4. The first-order chi connectivity index (χ1) is 9.52. The van der Waals surface area contributed by atoms with Crippen LogP contribution >= 0.6 is 0 Å². The Hall–Kier alpha value is -2.23. The summed E-state index contributed by atoms with van der Waals surface area (Å²) in [5.74, 6) is -0.319. The van der Waals surface area contributed by atoms with E-state index in [1.165, 1.54) is 24.1 Å². The first-order valence-corrected chi connectivity index (χ1v) is 6.57. The fourth-order valence-electron chi connectivity index (χ4n) is 2.18. The molecule has 4 heteroatoms. The maximum Gasteiger partial charge on any atom is 0.337 e. The minimum atomic E-state index is -0.319. The highest BCUT2D eigenvalue weighted by Gasteiger charge is 2.07. The Morgan fingerprint density at radius 3 is 2.65 bits per heavy atom. The molecular formula is C16H20N2O2.